The van der Waals surface area contributed by atoms with E-state index in [4.69, 9.17) is 25.5 Å². The quantitative estimate of drug-likeness (QED) is 0.243. The SMILES string of the molecule is CCCN1C(=O)C(O)=C(C(=O)c2cc3cc(Cl)ccc3o2)C1c1ccc(OCc2ccccc2)c(OC)c1. The largest absolute Gasteiger partial charge is 0.503 e. The maximum absolute atomic E-state index is 13.7. The van der Waals surface area contributed by atoms with E-state index in [-0.39, 0.29) is 11.3 Å². The Morgan fingerprint density at radius 1 is 1.05 bits per heavy atom. The molecule has 0 bridgehead atoms. The van der Waals surface area contributed by atoms with Crippen LogP contribution in [-0.4, -0.2) is 35.4 Å². The van der Waals surface area contributed by atoms with Gasteiger partial charge in [-0.05, 0) is 53.9 Å². The molecule has 8 heteroatoms. The molecule has 5 rings (SSSR count). The Morgan fingerprint density at radius 2 is 1.84 bits per heavy atom. The number of hydrogen-bond acceptors (Lipinski definition) is 6. The normalized spacial score (nSPS) is 15.4. The minimum atomic E-state index is -0.830. The number of nitrogens with zero attached hydrogens (tertiary/aromatic N) is 1. The number of halogens is 1. The zero-order valence-electron chi connectivity index (χ0n) is 20.9. The number of hydrogen-bond donors (Lipinski definition) is 1. The molecule has 0 spiro atoms. The molecule has 1 unspecified atom stereocenters. The Hall–Kier alpha value is -4.23. The lowest BCUT2D eigenvalue weighted by Crippen LogP contribution is -2.31. The zero-order chi connectivity index (χ0) is 26.8. The first-order valence-electron chi connectivity index (χ1n) is 12.2. The van der Waals surface area contributed by atoms with Gasteiger partial charge in [-0.25, -0.2) is 0 Å². The number of furan rings is 1. The summed E-state index contributed by atoms with van der Waals surface area (Å²) in [5.74, 6) is -0.802. The molecule has 1 aromatic heterocycles. The third-order valence-electron chi connectivity index (χ3n) is 6.46. The van der Waals surface area contributed by atoms with Crippen molar-refractivity contribution in [3.63, 3.8) is 0 Å². The van der Waals surface area contributed by atoms with Gasteiger partial charge in [0.1, 0.15) is 12.2 Å². The molecular weight excluding hydrogens is 506 g/mol. The van der Waals surface area contributed by atoms with Crippen molar-refractivity contribution in [1.29, 1.82) is 0 Å². The lowest BCUT2D eigenvalue weighted by molar-refractivity contribution is -0.129. The number of Topliss-reactive ketones (excluding diaryl/α,β-unsaturated/α-hetero) is 1. The Kier molecular flexibility index (Phi) is 7.11. The molecule has 2 heterocycles. The lowest BCUT2D eigenvalue weighted by Gasteiger charge is -2.27. The molecule has 7 nitrogen and oxygen atoms in total. The van der Waals surface area contributed by atoms with Crippen LogP contribution >= 0.6 is 11.6 Å². The molecule has 4 aromatic rings. The Morgan fingerprint density at radius 3 is 2.58 bits per heavy atom. The van der Waals surface area contributed by atoms with Crippen molar-refractivity contribution >= 4 is 34.3 Å². The third-order valence-corrected chi connectivity index (χ3v) is 6.69. The van der Waals surface area contributed by atoms with Gasteiger partial charge in [0.15, 0.2) is 23.0 Å². The Bertz CT molecular complexity index is 1540. The molecule has 0 saturated heterocycles. The summed E-state index contributed by atoms with van der Waals surface area (Å²) in [5.41, 5.74) is 2.03. The number of ketones is 1. The summed E-state index contributed by atoms with van der Waals surface area (Å²) in [4.78, 5) is 28.3. The Balaban J connectivity index is 1.51. The van der Waals surface area contributed by atoms with Crippen LogP contribution in [0.15, 0.2) is 88.5 Å². The van der Waals surface area contributed by atoms with E-state index in [1.165, 1.54) is 12.0 Å². The fourth-order valence-corrected chi connectivity index (χ4v) is 4.85. The molecule has 0 saturated carbocycles. The first-order valence-corrected chi connectivity index (χ1v) is 12.6. The molecule has 1 N–H and O–H groups in total. The summed E-state index contributed by atoms with van der Waals surface area (Å²) < 4.78 is 17.3. The van der Waals surface area contributed by atoms with E-state index in [2.05, 4.69) is 0 Å². The van der Waals surface area contributed by atoms with E-state index in [1.807, 2.05) is 37.3 Å². The number of benzene rings is 3. The van der Waals surface area contributed by atoms with Crippen molar-refractivity contribution in [2.75, 3.05) is 13.7 Å². The molecule has 1 amide bonds. The molecule has 0 aliphatic carbocycles. The second-order valence-electron chi connectivity index (χ2n) is 8.97. The van der Waals surface area contributed by atoms with Gasteiger partial charge in [0.05, 0.1) is 18.7 Å². The number of aliphatic hydroxyl groups excluding tert-OH is 1. The van der Waals surface area contributed by atoms with Crippen molar-refractivity contribution in [3.05, 3.63) is 106 Å². The van der Waals surface area contributed by atoms with Gasteiger partial charge in [-0.15, -0.1) is 0 Å². The average molecular weight is 532 g/mol. The average Bonchev–Trinajstić information content (AvgIpc) is 3.46. The minimum Gasteiger partial charge on any atom is -0.503 e. The molecule has 38 heavy (non-hydrogen) atoms. The highest BCUT2D eigenvalue weighted by Gasteiger charge is 2.44. The summed E-state index contributed by atoms with van der Waals surface area (Å²) in [5, 5.41) is 12.0. The number of ether oxygens (including phenoxy) is 2. The molecule has 194 valence electrons. The zero-order valence-corrected chi connectivity index (χ0v) is 21.7. The molecule has 0 fully saturated rings. The highest BCUT2D eigenvalue weighted by molar-refractivity contribution is 6.31. The van der Waals surface area contributed by atoms with Crippen LogP contribution < -0.4 is 9.47 Å². The van der Waals surface area contributed by atoms with Crippen molar-refractivity contribution in [2.24, 2.45) is 0 Å². The van der Waals surface area contributed by atoms with E-state index < -0.39 is 23.5 Å². The van der Waals surface area contributed by atoms with Gasteiger partial charge in [-0.1, -0.05) is 54.9 Å². The second-order valence-corrected chi connectivity index (χ2v) is 9.41. The van der Waals surface area contributed by atoms with Crippen LogP contribution in [0.1, 0.15) is 41.1 Å². The highest BCUT2D eigenvalue weighted by Crippen LogP contribution is 2.42. The van der Waals surface area contributed by atoms with Crippen LogP contribution in [0.5, 0.6) is 11.5 Å². The molecule has 1 aliphatic heterocycles. The van der Waals surface area contributed by atoms with Crippen LogP contribution in [0.25, 0.3) is 11.0 Å². The van der Waals surface area contributed by atoms with Gasteiger partial charge in [0, 0.05) is 17.0 Å². The van der Waals surface area contributed by atoms with Crippen LogP contribution in [-0.2, 0) is 11.4 Å². The molecular formula is C30H26ClNO6. The number of carbonyl (C=O) groups excluding carboxylic acids is 2. The van der Waals surface area contributed by atoms with Crippen molar-refractivity contribution < 1.29 is 28.6 Å². The fourth-order valence-electron chi connectivity index (χ4n) is 4.67. The first-order chi connectivity index (χ1) is 18.4. The van der Waals surface area contributed by atoms with Gasteiger partial charge in [-0.3, -0.25) is 9.59 Å². The number of carbonyl (C=O) groups is 2. The van der Waals surface area contributed by atoms with E-state index in [0.29, 0.717) is 52.6 Å². The summed E-state index contributed by atoms with van der Waals surface area (Å²) in [6, 6.07) is 20.7. The third kappa shape index (κ3) is 4.73. The summed E-state index contributed by atoms with van der Waals surface area (Å²) >= 11 is 6.08. The van der Waals surface area contributed by atoms with Crippen molar-refractivity contribution in [3.8, 4) is 11.5 Å². The summed E-state index contributed by atoms with van der Waals surface area (Å²) in [6.45, 7) is 2.61. The summed E-state index contributed by atoms with van der Waals surface area (Å²) in [6.07, 6.45) is 0.634. The topological polar surface area (TPSA) is 89.2 Å². The fraction of sp³-hybridized carbons (Fsp3) is 0.200. The van der Waals surface area contributed by atoms with E-state index in [1.54, 1.807) is 42.5 Å². The van der Waals surface area contributed by atoms with Crippen LogP contribution in [0.4, 0.5) is 0 Å². The minimum absolute atomic E-state index is 0.00902. The van der Waals surface area contributed by atoms with Gasteiger partial charge < -0.3 is 23.9 Å². The molecule has 1 atom stereocenters. The number of rotatable bonds is 9. The summed E-state index contributed by atoms with van der Waals surface area (Å²) in [7, 11) is 1.52. The monoisotopic (exact) mass is 531 g/mol. The van der Waals surface area contributed by atoms with Crippen LogP contribution in [0, 0.1) is 0 Å². The van der Waals surface area contributed by atoms with Gasteiger partial charge in [0.25, 0.3) is 5.91 Å². The van der Waals surface area contributed by atoms with Crippen LogP contribution in [0.3, 0.4) is 0 Å². The molecule has 1 aliphatic rings. The standard InChI is InChI=1S/C30H26ClNO6/c1-3-13-32-27(19-9-11-23(24(15-19)36-2)37-17-18-7-5-4-6-8-18)26(29(34)30(32)35)28(33)25-16-20-14-21(31)10-12-22(20)38-25/h4-12,14-16,27,34H,3,13,17H2,1-2H3. The maximum atomic E-state index is 13.7. The number of aliphatic hydroxyl groups is 1. The van der Waals surface area contributed by atoms with Gasteiger partial charge >= 0.3 is 0 Å². The predicted molar refractivity (Wildman–Crippen MR) is 144 cm³/mol. The number of amides is 1. The smallest absolute Gasteiger partial charge is 0.290 e. The lowest BCUT2D eigenvalue weighted by atomic mass is 9.94. The predicted octanol–water partition coefficient (Wildman–Crippen LogP) is 6.66. The van der Waals surface area contributed by atoms with Crippen molar-refractivity contribution in [1.82, 2.24) is 4.90 Å². The first kappa shape index (κ1) is 25.4. The van der Waals surface area contributed by atoms with E-state index in [0.717, 1.165) is 5.56 Å². The number of methoxy groups -OCH3 is 1. The maximum Gasteiger partial charge on any atom is 0.290 e. The Labute approximate surface area is 224 Å². The highest BCUT2D eigenvalue weighted by atomic mass is 35.5. The van der Waals surface area contributed by atoms with E-state index >= 15 is 0 Å². The van der Waals surface area contributed by atoms with Crippen LogP contribution in [0.2, 0.25) is 5.02 Å². The van der Waals surface area contributed by atoms with Crippen molar-refractivity contribution in [2.45, 2.75) is 26.0 Å². The second kappa shape index (κ2) is 10.6. The molecule has 0 radical (unpaired) electrons. The number of fused-ring (bicyclic) bond motifs is 1. The molecule has 3 aromatic carbocycles. The van der Waals surface area contributed by atoms with E-state index in [9.17, 15) is 14.7 Å². The van der Waals surface area contributed by atoms with Gasteiger partial charge in [0.2, 0.25) is 5.78 Å². The van der Waals surface area contributed by atoms with Gasteiger partial charge in [-0.2, -0.15) is 0 Å².